The zero-order valence-electron chi connectivity index (χ0n) is 17.8. The summed E-state index contributed by atoms with van der Waals surface area (Å²) in [4.78, 5) is 25.0. The summed E-state index contributed by atoms with van der Waals surface area (Å²) in [5.41, 5.74) is 8.06. The lowest BCUT2D eigenvalue weighted by molar-refractivity contribution is -0.128. The molecule has 3 rings (SSSR count). The van der Waals surface area contributed by atoms with Crippen LogP contribution in [0.4, 0.5) is 0 Å². The predicted octanol–water partition coefficient (Wildman–Crippen LogP) is 4.11. The topological polar surface area (TPSA) is 76.7 Å². The Morgan fingerprint density at radius 3 is 2.35 bits per heavy atom. The van der Waals surface area contributed by atoms with Gasteiger partial charge in [-0.05, 0) is 56.2 Å². The van der Waals surface area contributed by atoms with Gasteiger partial charge in [-0.2, -0.15) is 0 Å². The highest BCUT2D eigenvalue weighted by molar-refractivity contribution is 5.97. The number of hydrazine groups is 1. The molecule has 2 N–H and O–H groups in total. The minimum atomic E-state index is -0.780. The van der Waals surface area contributed by atoms with Crippen molar-refractivity contribution in [2.24, 2.45) is 0 Å². The maximum atomic E-state index is 12.6. The third-order valence-electron chi connectivity index (χ3n) is 4.93. The summed E-state index contributed by atoms with van der Waals surface area (Å²) in [6, 6.07) is 22.1. The van der Waals surface area contributed by atoms with Crippen molar-refractivity contribution >= 4 is 11.8 Å². The quantitative estimate of drug-likeness (QED) is 0.566. The highest BCUT2D eigenvalue weighted by atomic mass is 16.5. The number of hydrogen-bond acceptors (Lipinski definition) is 4. The van der Waals surface area contributed by atoms with Crippen LogP contribution >= 0.6 is 0 Å². The molecule has 1 atom stereocenters. The van der Waals surface area contributed by atoms with Crippen LogP contribution in [0.15, 0.2) is 72.8 Å². The second-order valence-corrected chi connectivity index (χ2v) is 7.16. The molecule has 0 spiro atoms. The van der Waals surface area contributed by atoms with Gasteiger partial charge in [-0.1, -0.05) is 48.5 Å². The number of nitrogens with one attached hydrogen (secondary N) is 2. The molecule has 6 nitrogen and oxygen atoms in total. The van der Waals surface area contributed by atoms with Crippen LogP contribution in [-0.4, -0.2) is 17.9 Å². The molecule has 1 unspecified atom stereocenters. The highest BCUT2D eigenvalue weighted by Gasteiger charge is 2.18. The lowest BCUT2D eigenvalue weighted by Crippen LogP contribution is -2.47. The maximum Gasteiger partial charge on any atom is 0.279 e. The monoisotopic (exact) mass is 418 g/mol. The van der Waals surface area contributed by atoms with Gasteiger partial charge in [-0.15, -0.1) is 0 Å². The lowest BCUT2D eigenvalue weighted by atomic mass is 10.1. The minimum Gasteiger partial charge on any atom is -0.489 e. The Kier molecular flexibility index (Phi) is 7.27. The third kappa shape index (κ3) is 5.85. The van der Waals surface area contributed by atoms with Crippen LogP contribution < -0.4 is 20.3 Å². The molecule has 0 saturated heterocycles. The van der Waals surface area contributed by atoms with Crippen molar-refractivity contribution in [2.75, 3.05) is 0 Å². The van der Waals surface area contributed by atoms with Crippen LogP contribution in [-0.2, 0) is 11.4 Å². The van der Waals surface area contributed by atoms with E-state index in [4.69, 9.17) is 9.47 Å². The average molecular weight is 418 g/mol. The van der Waals surface area contributed by atoms with Gasteiger partial charge >= 0.3 is 0 Å². The van der Waals surface area contributed by atoms with Crippen LogP contribution in [0.3, 0.4) is 0 Å². The Bertz CT molecular complexity index is 1050. The fourth-order valence-corrected chi connectivity index (χ4v) is 2.93. The fraction of sp³-hybridized carbons (Fsp3) is 0.200. The molecule has 0 fully saturated rings. The van der Waals surface area contributed by atoms with E-state index in [0.29, 0.717) is 22.6 Å². The summed E-state index contributed by atoms with van der Waals surface area (Å²) < 4.78 is 11.5. The number of carbonyl (C=O) groups is 2. The molecule has 2 amide bonds. The first-order chi connectivity index (χ1) is 15.0. The first kappa shape index (κ1) is 21.9. The Labute approximate surface area is 182 Å². The van der Waals surface area contributed by atoms with Gasteiger partial charge in [0.2, 0.25) is 0 Å². The van der Waals surface area contributed by atoms with Crippen molar-refractivity contribution in [1.82, 2.24) is 10.9 Å². The molecule has 0 saturated carbocycles. The summed E-state index contributed by atoms with van der Waals surface area (Å²) in [5.74, 6) is 0.465. The molecule has 0 radical (unpaired) electrons. The van der Waals surface area contributed by atoms with Gasteiger partial charge in [0.15, 0.2) is 6.10 Å². The molecule has 0 aliphatic rings. The molecule has 0 aliphatic heterocycles. The fourth-order valence-electron chi connectivity index (χ4n) is 2.93. The Morgan fingerprint density at radius 1 is 0.871 bits per heavy atom. The van der Waals surface area contributed by atoms with Gasteiger partial charge in [0.25, 0.3) is 11.8 Å². The van der Waals surface area contributed by atoms with E-state index in [1.165, 1.54) is 0 Å². The summed E-state index contributed by atoms with van der Waals surface area (Å²) >= 11 is 0. The van der Waals surface area contributed by atoms with Crippen molar-refractivity contribution < 1.29 is 19.1 Å². The number of benzene rings is 3. The smallest absolute Gasteiger partial charge is 0.279 e. The summed E-state index contributed by atoms with van der Waals surface area (Å²) in [5, 5.41) is 0. The van der Waals surface area contributed by atoms with Crippen LogP contribution in [0.1, 0.15) is 34.0 Å². The number of hydrogen-bond donors (Lipinski definition) is 2. The molecular weight excluding hydrogens is 392 g/mol. The summed E-state index contributed by atoms with van der Waals surface area (Å²) in [6.07, 6.45) is -0.780. The van der Waals surface area contributed by atoms with Crippen LogP contribution in [0.25, 0.3) is 0 Å². The lowest BCUT2D eigenvalue weighted by Gasteiger charge is -2.18. The number of rotatable bonds is 7. The summed E-state index contributed by atoms with van der Waals surface area (Å²) in [7, 11) is 0. The number of aryl methyl sites for hydroxylation is 1. The zero-order chi connectivity index (χ0) is 22.2. The Balaban J connectivity index is 1.57. The predicted molar refractivity (Wildman–Crippen MR) is 119 cm³/mol. The van der Waals surface area contributed by atoms with Gasteiger partial charge in [-0.25, -0.2) is 0 Å². The van der Waals surface area contributed by atoms with E-state index in [-0.39, 0.29) is 6.61 Å². The second kappa shape index (κ2) is 10.3. The van der Waals surface area contributed by atoms with E-state index in [1.54, 1.807) is 19.1 Å². The number of para-hydroxylation sites is 1. The van der Waals surface area contributed by atoms with E-state index >= 15 is 0 Å². The normalized spacial score (nSPS) is 11.3. The molecular formula is C25H26N2O4. The molecule has 0 aromatic heterocycles. The molecule has 6 heteroatoms. The van der Waals surface area contributed by atoms with Gasteiger partial charge in [0.1, 0.15) is 18.1 Å². The van der Waals surface area contributed by atoms with Crippen molar-refractivity contribution in [2.45, 2.75) is 33.5 Å². The van der Waals surface area contributed by atoms with Crippen LogP contribution in [0.2, 0.25) is 0 Å². The van der Waals surface area contributed by atoms with E-state index in [9.17, 15) is 9.59 Å². The minimum absolute atomic E-state index is 0.230. The molecule has 3 aromatic rings. The van der Waals surface area contributed by atoms with Crippen molar-refractivity contribution in [1.29, 1.82) is 0 Å². The van der Waals surface area contributed by atoms with Crippen molar-refractivity contribution in [3.63, 3.8) is 0 Å². The molecule has 0 aliphatic carbocycles. The maximum absolute atomic E-state index is 12.6. The first-order valence-corrected chi connectivity index (χ1v) is 10.0. The molecule has 3 aromatic carbocycles. The SMILES string of the molecule is Cc1cccc(OC(C)C(=O)NNC(=O)c2ccccc2COc2ccccc2)c1C. The third-order valence-corrected chi connectivity index (χ3v) is 4.93. The largest absolute Gasteiger partial charge is 0.489 e. The molecule has 160 valence electrons. The molecule has 0 heterocycles. The first-order valence-electron chi connectivity index (χ1n) is 10.0. The standard InChI is InChI=1S/C25H26N2O4/c1-17-10-9-15-23(18(17)2)31-19(3)24(28)26-27-25(29)22-14-8-7-11-20(22)16-30-21-12-5-4-6-13-21/h4-15,19H,16H2,1-3H3,(H,26,28)(H,27,29). The van der Waals surface area contributed by atoms with Gasteiger partial charge in [0.05, 0.1) is 0 Å². The number of carbonyl (C=O) groups excluding carboxylic acids is 2. The van der Waals surface area contributed by atoms with Crippen molar-refractivity contribution in [3.05, 3.63) is 95.1 Å². The van der Waals surface area contributed by atoms with Gasteiger partial charge in [-0.3, -0.25) is 20.4 Å². The number of amides is 2. The second-order valence-electron chi connectivity index (χ2n) is 7.16. The summed E-state index contributed by atoms with van der Waals surface area (Å²) in [6.45, 7) is 5.77. The number of ether oxygens (including phenoxy) is 2. The van der Waals surface area contributed by atoms with Crippen LogP contribution in [0, 0.1) is 13.8 Å². The Hall–Kier alpha value is -3.80. The average Bonchev–Trinajstić information content (AvgIpc) is 2.79. The molecule has 0 bridgehead atoms. The van der Waals surface area contributed by atoms with Gasteiger partial charge in [0, 0.05) is 11.1 Å². The Morgan fingerprint density at radius 2 is 1.58 bits per heavy atom. The highest BCUT2D eigenvalue weighted by Crippen LogP contribution is 2.21. The van der Waals surface area contributed by atoms with E-state index in [0.717, 1.165) is 11.1 Å². The van der Waals surface area contributed by atoms with Crippen LogP contribution in [0.5, 0.6) is 11.5 Å². The van der Waals surface area contributed by atoms with Gasteiger partial charge < -0.3 is 9.47 Å². The van der Waals surface area contributed by atoms with E-state index in [1.807, 2.05) is 74.5 Å². The zero-order valence-corrected chi connectivity index (χ0v) is 17.8. The van der Waals surface area contributed by atoms with E-state index < -0.39 is 17.9 Å². The van der Waals surface area contributed by atoms with E-state index in [2.05, 4.69) is 10.9 Å². The molecule has 31 heavy (non-hydrogen) atoms. The van der Waals surface area contributed by atoms with Crippen molar-refractivity contribution in [3.8, 4) is 11.5 Å².